The molecule has 1 aliphatic heterocycles. The van der Waals surface area contributed by atoms with Gasteiger partial charge in [-0.25, -0.2) is 9.97 Å². The number of aromatic nitrogens is 2. The number of alkyl halides is 3. The Kier molecular flexibility index (Phi) is 6.48. The largest absolute Gasteiger partial charge is 0.493 e. The van der Waals surface area contributed by atoms with E-state index in [0.717, 1.165) is 29.5 Å². The van der Waals surface area contributed by atoms with Crippen LogP contribution in [0.3, 0.4) is 0 Å². The van der Waals surface area contributed by atoms with Gasteiger partial charge in [-0.3, -0.25) is 4.79 Å². The number of rotatable bonds is 5. The van der Waals surface area contributed by atoms with E-state index in [1.807, 2.05) is 24.3 Å². The number of aromatic hydroxyl groups is 1. The highest BCUT2D eigenvalue weighted by molar-refractivity contribution is 5.94. The normalized spacial score (nSPS) is 16.5. The Labute approximate surface area is 188 Å². The van der Waals surface area contributed by atoms with Crippen molar-refractivity contribution < 1.29 is 27.8 Å². The summed E-state index contributed by atoms with van der Waals surface area (Å²) < 4.78 is 41.5. The third-order valence-electron chi connectivity index (χ3n) is 5.54. The summed E-state index contributed by atoms with van der Waals surface area (Å²) in [5, 5.41) is 9.49. The number of hydrogen-bond donors (Lipinski definition) is 1. The topological polar surface area (TPSA) is 75.5 Å². The first-order chi connectivity index (χ1) is 15.8. The van der Waals surface area contributed by atoms with Gasteiger partial charge in [-0.1, -0.05) is 24.3 Å². The average molecular weight is 457 g/mol. The molecule has 0 spiro atoms. The fourth-order valence-electron chi connectivity index (χ4n) is 4.01. The van der Waals surface area contributed by atoms with Gasteiger partial charge >= 0.3 is 6.18 Å². The van der Waals surface area contributed by atoms with Crippen LogP contribution in [0.2, 0.25) is 0 Å². The Morgan fingerprint density at radius 2 is 1.91 bits per heavy atom. The number of hydrogen-bond acceptors (Lipinski definition) is 5. The van der Waals surface area contributed by atoms with Crippen LogP contribution in [0.15, 0.2) is 60.9 Å². The van der Waals surface area contributed by atoms with Crippen LogP contribution in [0.4, 0.5) is 13.2 Å². The summed E-state index contributed by atoms with van der Waals surface area (Å²) in [6.45, 7) is -0.338. The molecule has 0 bridgehead atoms. The van der Waals surface area contributed by atoms with E-state index >= 15 is 0 Å². The molecular formula is C24H22F3N3O3. The maximum atomic E-state index is 13.0. The zero-order chi connectivity index (χ0) is 23.4. The molecule has 9 heteroatoms. The maximum absolute atomic E-state index is 13.0. The Hall–Kier alpha value is -3.62. The SMILES string of the molecule is O=C(c1ccc(OCC(F)(F)F)nc1)N1CCCC(c2ccccc2-c2ccc(O)nc2)C1. The third-order valence-corrected chi connectivity index (χ3v) is 5.54. The minimum absolute atomic E-state index is 0.0471. The lowest BCUT2D eigenvalue weighted by Gasteiger charge is -2.34. The fraction of sp³-hybridized carbons (Fsp3) is 0.292. The summed E-state index contributed by atoms with van der Waals surface area (Å²) in [6, 6.07) is 14.0. The van der Waals surface area contributed by atoms with Crippen molar-refractivity contribution in [3.63, 3.8) is 0 Å². The molecule has 172 valence electrons. The van der Waals surface area contributed by atoms with Crippen molar-refractivity contribution in [3.8, 4) is 22.9 Å². The van der Waals surface area contributed by atoms with Crippen LogP contribution in [-0.2, 0) is 0 Å². The van der Waals surface area contributed by atoms with Crippen LogP contribution >= 0.6 is 0 Å². The van der Waals surface area contributed by atoms with Gasteiger partial charge in [-0.15, -0.1) is 0 Å². The second-order valence-electron chi connectivity index (χ2n) is 7.87. The lowest BCUT2D eigenvalue weighted by atomic mass is 9.85. The molecular weight excluding hydrogens is 435 g/mol. The van der Waals surface area contributed by atoms with Gasteiger partial charge in [-0.2, -0.15) is 13.2 Å². The summed E-state index contributed by atoms with van der Waals surface area (Å²) in [7, 11) is 0. The van der Waals surface area contributed by atoms with Crippen molar-refractivity contribution in [2.24, 2.45) is 0 Å². The van der Waals surface area contributed by atoms with Crippen molar-refractivity contribution in [3.05, 3.63) is 72.1 Å². The summed E-state index contributed by atoms with van der Waals surface area (Å²) in [5.41, 5.74) is 3.27. The van der Waals surface area contributed by atoms with E-state index < -0.39 is 12.8 Å². The first kappa shape index (κ1) is 22.6. The molecule has 2 aromatic heterocycles. The highest BCUT2D eigenvalue weighted by atomic mass is 19.4. The van der Waals surface area contributed by atoms with E-state index in [-0.39, 0.29) is 23.6 Å². The summed E-state index contributed by atoms with van der Waals surface area (Å²) in [4.78, 5) is 22.6. The Morgan fingerprint density at radius 3 is 2.61 bits per heavy atom. The Balaban J connectivity index is 1.48. The lowest BCUT2D eigenvalue weighted by Crippen LogP contribution is -2.39. The number of ether oxygens (including phenoxy) is 1. The summed E-state index contributed by atoms with van der Waals surface area (Å²) in [5.74, 6) is -0.348. The number of amides is 1. The molecule has 0 saturated carbocycles. The second-order valence-corrected chi connectivity index (χ2v) is 7.87. The standard InChI is InChI=1S/C24H22F3N3O3/c25-24(26,27)15-33-22-10-8-17(13-29-22)23(32)30-11-3-4-18(14-30)20-6-2-1-5-19(20)16-7-9-21(31)28-12-16/h1-2,5-10,12-13,18H,3-4,11,14-15H2,(H,28,31). The molecule has 1 aromatic carbocycles. The van der Waals surface area contributed by atoms with Gasteiger partial charge in [-0.05, 0) is 36.1 Å². The van der Waals surface area contributed by atoms with Crippen LogP contribution < -0.4 is 4.74 Å². The van der Waals surface area contributed by atoms with Crippen molar-refractivity contribution in [2.45, 2.75) is 24.9 Å². The number of piperidine rings is 1. The minimum Gasteiger partial charge on any atom is -0.493 e. The highest BCUT2D eigenvalue weighted by Crippen LogP contribution is 2.35. The Bertz CT molecular complexity index is 1100. The third kappa shape index (κ3) is 5.60. The van der Waals surface area contributed by atoms with Crippen molar-refractivity contribution >= 4 is 5.91 Å². The number of carbonyl (C=O) groups is 1. The maximum Gasteiger partial charge on any atom is 0.422 e. The van der Waals surface area contributed by atoms with Gasteiger partial charge in [0, 0.05) is 49.1 Å². The first-order valence-corrected chi connectivity index (χ1v) is 10.5. The number of halogens is 3. The van der Waals surface area contributed by atoms with Gasteiger partial charge in [0.15, 0.2) is 6.61 Å². The molecule has 0 aliphatic carbocycles. The molecule has 33 heavy (non-hydrogen) atoms. The van der Waals surface area contributed by atoms with Gasteiger partial charge in [0.05, 0.1) is 5.56 Å². The van der Waals surface area contributed by atoms with Crippen LogP contribution in [0, 0.1) is 0 Å². The average Bonchev–Trinajstić information content (AvgIpc) is 2.83. The molecule has 6 nitrogen and oxygen atoms in total. The molecule has 1 amide bonds. The van der Waals surface area contributed by atoms with Crippen molar-refractivity contribution in [1.82, 2.24) is 14.9 Å². The zero-order valence-electron chi connectivity index (χ0n) is 17.6. The number of likely N-dealkylation sites (tertiary alicyclic amines) is 1. The van der Waals surface area contributed by atoms with E-state index in [4.69, 9.17) is 0 Å². The van der Waals surface area contributed by atoms with Gasteiger partial charge in [0.25, 0.3) is 5.91 Å². The van der Waals surface area contributed by atoms with Gasteiger partial charge in [0.2, 0.25) is 11.8 Å². The molecule has 1 atom stereocenters. The molecule has 3 heterocycles. The Morgan fingerprint density at radius 1 is 1.09 bits per heavy atom. The van der Waals surface area contributed by atoms with Crippen molar-refractivity contribution in [2.75, 3.05) is 19.7 Å². The van der Waals surface area contributed by atoms with Crippen LogP contribution in [0.1, 0.15) is 34.7 Å². The van der Waals surface area contributed by atoms with E-state index in [0.29, 0.717) is 18.7 Å². The number of carbonyl (C=O) groups excluding carboxylic acids is 1. The van der Waals surface area contributed by atoms with Crippen LogP contribution in [0.5, 0.6) is 11.8 Å². The predicted molar refractivity (Wildman–Crippen MR) is 115 cm³/mol. The minimum atomic E-state index is -4.45. The fourth-order valence-corrected chi connectivity index (χ4v) is 4.01. The van der Waals surface area contributed by atoms with E-state index in [1.54, 1.807) is 17.2 Å². The van der Waals surface area contributed by atoms with Gasteiger partial charge in [0.1, 0.15) is 0 Å². The monoisotopic (exact) mass is 457 g/mol. The molecule has 1 fully saturated rings. The zero-order valence-corrected chi connectivity index (χ0v) is 17.6. The molecule has 4 rings (SSSR count). The summed E-state index contributed by atoms with van der Waals surface area (Å²) >= 11 is 0. The van der Waals surface area contributed by atoms with Gasteiger partial charge < -0.3 is 14.7 Å². The predicted octanol–water partition coefficient (Wildman–Crippen LogP) is 4.81. The van der Waals surface area contributed by atoms with E-state index in [2.05, 4.69) is 14.7 Å². The molecule has 0 radical (unpaired) electrons. The van der Waals surface area contributed by atoms with E-state index in [9.17, 15) is 23.1 Å². The van der Waals surface area contributed by atoms with E-state index in [1.165, 1.54) is 24.4 Å². The molecule has 1 N–H and O–H groups in total. The van der Waals surface area contributed by atoms with Crippen LogP contribution in [0.25, 0.3) is 11.1 Å². The molecule has 1 unspecified atom stereocenters. The first-order valence-electron chi connectivity index (χ1n) is 10.5. The van der Waals surface area contributed by atoms with Crippen LogP contribution in [-0.4, -0.2) is 51.8 Å². The number of nitrogens with zero attached hydrogens (tertiary/aromatic N) is 3. The summed E-state index contributed by atoms with van der Waals surface area (Å²) in [6.07, 6.45) is 0.140. The van der Waals surface area contributed by atoms with Crippen molar-refractivity contribution in [1.29, 1.82) is 0 Å². The lowest BCUT2D eigenvalue weighted by molar-refractivity contribution is -0.154. The molecule has 1 aliphatic rings. The molecule has 1 saturated heterocycles. The number of pyridine rings is 2. The quantitative estimate of drug-likeness (QED) is 0.595. The second kappa shape index (κ2) is 9.48. The molecule has 3 aromatic rings. The smallest absolute Gasteiger partial charge is 0.422 e. The highest BCUT2D eigenvalue weighted by Gasteiger charge is 2.29. The number of benzene rings is 1.